The van der Waals surface area contributed by atoms with Crippen molar-refractivity contribution in [3.05, 3.63) is 16.1 Å². The highest BCUT2D eigenvalue weighted by atomic mass is 35.5. The molecule has 18 heavy (non-hydrogen) atoms. The third kappa shape index (κ3) is 4.88. The molecular weight excluding hydrogens is 273 g/mol. The molecule has 1 rings (SSSR count). The van der Waals surface area contributed by atoms with E-state index in [-0.39, 0.29) is 0 Å². The van der Waals surface area contributed by atoms with E-state index in [1.54, 1.807) is 13.1 Å². The van der Waals surface area contributed by atoms with Gasteiger partial charge in [-0.1, -0.05) is 36.5 Å². The highest BCUT2D eigenvalue weighted by Gasteiger charge is 2.07. The van der Waals surface area contributed by atoms with Gasteiger partial charge in [0.05, 0.1) is 16.7 Å². The van der Waals surface area contributed by atoms with Crippen LogP contribution < -0.4 is 10.6 Å². The normalized spacial score (nSPS) is 10.4. The molecule has 1 aromatic rings. The number of aromatic nitrogens is 1. The van der Waals surface area contributed by atoms with Crippen LogP contribution in [0.1, 0.15) is 19.8 Å². The van der Waals surface area contributed by atoms with Crippen molar-refractivity contribution in [3.8, 4) is 0 Å². The molecule has 0 spiro atoms. The fourth-order valence-corrected chi connectivity index (χ4v) is 1.88. The first-order valence-corrected chi connectivity index (χ1v) is 6.80. The lowest BCUT2D eigenvalue weighted by Crippen LogP contribution is -2.12. The van der Waals surface area contributed by atoms with E-state index < -0.39 is 0 Å². The van der Waals surface area contributed by atoms with Crippen LogP contribution in [0.25, 0.3) is 0 Å². The van der Waals surface area contributed by atoms with Gasteiger partial charge in [-0.05, 0) is 12.5 Å². The minimum Gasteiger partial charge on any atom is -0.380 e. The van der Waals surface area contributed by atoms with Crippen LogP contribution in [-0.4, -0.2) is 31.8 Å². The molecule has 4 nitrogen and oxygen atoms in total. The van der Waals surface area contributed by atoms with E-state index in [9.17, 15) is 0 Å². The zero-order chi connectivity index (χ0) is 13.4. The lowest BCUT2D eigenvalue weighted by atomic mass is 10.4. The second-order valence-electron chi connectivity index (χ2n) is 3.79. The Kier molecular flexibility index (Phi) is 7.16. The Morgan fingerprint density at radius 3 is 2.61 bits per heavy atom. The van der Waals surface area contributed by atoms with Crippen LogP contribution >= 0.6 is 23.2 Å². The van der Waals surface area contributed by atoms with Gasteiger partial charge in [-0.3, -0.25) is 0 Å². The number of ether oxygens (including phenoxy) is 1. The standard InChI is InChI=1S/C12H19Cl2N3O/c1-3-4-6-18-7-5-16-12-10(14)8-9(13)11(15-2)17-12/h8H,3-7H2,1-2H3,(H2,15,16,17). The first-order chi connectivity index (χ1) is 8.69. The van der Waals surface area contributed by atoms with Crippen molar-refractivity contribution in [1.29, 1.82) is 0 Å². The maximum Gasteiger partial charge on any atom is 0.147 e. The maximum atomic E-state index is 6.04. The lowest BCUT2D eigenvalue weighted by Gasteiger charge is -2.10. The zero-order valence-electron chi connectivity index (χ0n) is 10.7. The molecule has 0 saturated carbocycles. The van der Waals surface area contributed by atoms with E-state index in [1.165, 1.54) is 0 Å². The van der Waals surface area contributed by atoms with Crippen LogP contribution in [0.4, 0.5) is 11.6 Å². The monoisotopic (exact) mass is 291 g/mol. The first kappa shape index (κ1) is 15.3. The van der Waals surface area contributed by atoms with E-state index in [0.29, 0.717) is 34.8 Å². The Morgan fingerprint density at radius 1 is 1.22 bits per heavy atom. The molecule has 0 aliphatic rings. The number of hydrogen-bond donors (Lipinski definition) is 2. The van der Waals surface area contributed by atoms with Crippen molar-refractivity contribution in [2.75, 3.05) is 37.4 Å². The first-order valence-electron chi connectivity index (χ1n) is 6.04. The highest BCUT2D eigenvalue weighted by Crippen LogP contribution is 2.28. The second-order valence-corrected chi connectivity index (χ2v) is 4.61. The third-order valence-electron chi connectivity index (χ3n) is 2.35. The van der Waals surface area contributed by atoms with Gasteiger partial charge in [0.1, 0.15) is 11.6 Å². The topological polar surface area (TPSA) is 46.2 Å². The molecule has 0 saturated heterocycles. The summed E-state index contributed by atoms with van der Waals surface area (Å²) in [5, 5.41) is 7.05. The Balaban J connectivity index is 2.42. The summed E-state index contributed by atoms with van der Waals surface area (Å²) in [5.74, 6) is 1.22. The Labute approximate surface area is 118 Å². The van der Waals surface area contributed by atoms with Gasteiger partial charge < -0.3 is 15.4 Å². The van der Waals surface area contributed by atoms with Gasteiger partial charge in [0, 0.05) is 20.2 Å². The summed E-state index contributed by atoms with van der Waals surface area (Å²) in [6, 6.07) is 1.67. The lowest BCUT2D eigenvalue weighted by molar-refractivity contribution is 0.141. The van der Waals surface area contributed by atoms with Crippen molar-refractivity contribution >= 4 is 34.8 Å². The smallest absolute Gasteiger partial charge is 0.147 e. The van der Waals surface area contributed by atoms with Gasteiger partial charge in [-0.2, -0.15) is 0 Å². The van der Waals surface area contributed by atoms with Crippen LogP contribution in [0, 0.1) is 0 Å². The summed E-state index contributed by atoms with van der Waals surface area (Å²) in [4.78, 5) is 4.28. The third-order valence-corrected chi connectivity index (χ3v) is 2.92. The highest BCUT2D eigenvalue weighted by molar-refractivity contribution is 6.37. The van der Waals surface area contributed by atoms with Crippen molar-refractivity contribution < 1.29 is 4.74 Å². The molecule has 0 radical (unpaired) electrons. The molecule has 1 aromatic heterocycles. The van der Waals surface area contributed by atoms with Crippen molar-refractivity contribution in [3.63, 3.8) is 0 Å². The molecule has 1 heterocycles. The predicted molar refractivity (Wildman–Crippen MR) is 78.0 cm³/mol. The average molecular weight is 292 g/mol. The number of nitrogens with zero attached hydrogens (tertiary/aromatic N) is 1. The number of halogens is 2. The van der Waals surface area contributed by atoms with Crippen molar-refractivity contribution in [2.45, 2.75) is 19.8 Å². The molecule has 0 unspecified atom stereocenters. The Hall–Kier alpha value is -0.710. The fourth-order valence-electron chi connectivity index (χ4n) is 1.36. The number of hydrogen-bond acceptors (Lipinski definition) is 4. The quantitative estimate of drug-likeness (QED) is 0.718. The molecular formula is C12H19Cl2N3O. The summed E-state index contributed by atoms with van der Waals surface area (Å²) in [7, 11) is 1.76. The minimum absolute atomic E-state index is 0.507. The second kappa shape index (κ2) is 8.40. The van der Waals surface area contributed by atoms with E-state index in [0.717, 1.165) is 19.4 Å². The molecule has 2 N–H and O–H groups in total. The number of pyridine rings is 1. The fraction of sp³-hybridized carbons (Fsp3) is 0.583. The summed E-state index contributed by atoms with van der Waals surface area (Å²) in [6.07, 6.45) is 2.23. The van der Waals surface area contributed by atoms with E-state index in [4.69, 9.17) is 27.9 Å². The zero-order valence-corrected chi connectivity index (χ0v) is 12.2. The predicted octanol–water partition coefficient (Wildman–Crippen LogP) is 3.66. The molecule has 0 aromatic carbocycles. The van der Waals surface area contributed by atoms with Crippen LogP contribution in [0.2, 0.25) is 10.0 Å². The summed E-state index contributed by atoms with van der Waals surface area (Å²) >= 11 is 12.0. The molecule has 0 atom stereocenters. The summed E-state index contributed by atoms with van der Waals surface area (Å²) < 4.78 is 5.44. The van der Waals surface area contributed by atoms with E-state index >= 15 is 0 Å². The molecule has 0 amide bonds. The van der Waals surface area contributed by atoms with Crippen molar-refractivity contribution in [2.24, 2.45) is 0 Å². The Morgan fingerprint density at radius 2 is 1.94 bits per heavy atom. The van der Waals surface area contributed by atoms with Gasteiger partial charge in [-0.15, -0.1) is 0 Å². The summed E-state index contributed by atoms with van der Waals surface area (Å²) in [6.45, 7) is 4.23. The van der Waals surface area contributed by atoms with Gasteiger partial charge in [0.15, 0.2) is 0 Å². The SMILES string of the molecule is CCCCOCCNc1nc(NC)c(Cl)cc1Cl. The molecule has 0 fully saturated rings. The van der Waals surface area contributed by atoms with Crippen LogP contribution in [0.5, 0.6) is 0 Å². The Bertz CT molecular complexity index is 375. The molecule has 0 aliphatic carbocycles. The van der Waals surface area contributed by atoms with Crippen LogP contribution in [0.3, 0.4) is 0 Å². The van der Waals surface area contributed by atoms with Gasteiger partial charge in [0.25, 0.3) is 0 Å². The number of unbranched alkanes of at least 4 members (excludes halogenated alkanes) is 1. The molecule has 0 aliphatic heterocycles. The van der Waals surface area contributed by atoms with E-state index in [2.05, 4.69) is 22.5 Å². The van der Waals surface area contributed by atoms with Gasteiger partial charge in [0.2, 0.25) is 0 Å². The van der Waals surface area contributed by atoms with Gasteiger partial charge >= 0.3 is 0 Å². The summed E-state index contributed by atoms with van der Waals surface area (Å²) in [5.41, 5.74) is 0. The average Bonchev–Trinajstić information content (AvgIpc) is 2.36. The number of anilines is 2. The molecule has 6 heteroatoms. The van der Waals surface area contributed by atoms with Gasteiger partial charge in [-0.25, -0.2) is 4.98 Å². The number of nitrogens with one attached hydrogen (secondary N) is 2. The van der Waals surface area contributed by atoms with Crippen LogP contribution in [-0.2, 0) is 4.74 Å². The largest absolute Gasteiger partial charge is 0.380 e. The number of rotatable bonds is 8. The molecule has 102 valence electrons. The van der Waals surface area contributed by atoms with E-state index in [1.807, 2.05) is 0 Å². The van der Waals surface area contributed by atoms with Crippen molar-refractivity contribution in [1.82, 2.24) is 4.98 Å². The molecule has 0 bridgehead atoms. The maximum absolute atomic E-state index is 6.04. The minimum atomic E-state index is 0.507. The van der Waals surface area contributed by atoms with Crippen LogP contribution in [0.15, 0.2) is 6.07 Å².